The number of nitrogens with zero attached hydrogens (tertiary/aromatic N) is 3. The van der Waals surface area contributed by atoms with Crippen LogP contribution in [0.1, 0.15) is 43.0 Å². The second kappa shape index (κ2) is 5.03. The van der Waals surface area contributed by atoms with Crippen LogP contribution in [0.2, 0.25) is 0 Å². The molecule has 0 spiro atoms. The van der Waals surface area contributed by atoms with Crippen molar-refractivity contribution in [2.75, 3.05) is 18.0 Å². The largest absolute Gasteiger partial charge is 0.481 e. The molecule has 2 heterocycles. The van der Waals surface area contributed by atoms with Gasteiger partial charge in [-0.1, -0.05) is 0 Å². The maximum Gasteiger partial charge on any atom is 0.309 e. The Morgan fingerprint density at radius 2 is 2.14 bits per heavy atom. The molecule has 0 aromatic carbocycles. The Labute approximate surface area is 124 Å². The van der Waals surface area contributed by atoms with Crippen molar-refractivity contribution >= 4 is 11.8 Å². The molecular formula is C16H19N3O2. The number of carboxylic acid groups (broad SMARTS) is 1. The van der Waals surface area contributed by atoms with E-state index in [0.717, 1.165) is 30.8 Å². The van der Waals surface area contributed by atoms with Gasteiger partial charge in [0.2, 0.25) is 0 Å². The molecular weight excluding hydrogens is 266 g/mol. The Kier molecular flexibility index (Phi) is 3.32. The quantitative estimate of drug-likeness (QED) is 0.900. The minimum Gasteiger partial charge on any atom is -0.481 e. The first-order chi connectivity index (χ1) is 10.0. The molecule has 1 N–H and O–H groups in total. The first-order valence-corrected chi connectivity index (χ1v) is 7.45. The third-order valence-corrected chi connectivity index (χ3v) is 4.83. The minimum atomic E-state index is -0.732. The molecule has 0 amide bonds. The molecule has 1 aromatic heterocycles. The van der Waals surface area contributed by atoms with Gasteiger partial charge in [-0.3, -0.25) is 4.79 Å². The summed E-state index contributed by atoms with van der Waals surface area (Å²) >= 11 is 0. The van der Waals surface area contributed by atoms with Crippen molar-refractivity contribution in [2.45, 2.75) is 39.0 Å². The average molecular weight is 285 g/mol. The SMILES string of the molecule is CC1(C(=O)O)CCN(c2nc3c(cc2C#N)CCC3)CC1. The number of rotatable bonds is 2. The second-order valence-electron chi connectivity index (χ2n) is 6.28. The molecule has 5 heteroatoms. The zero-order valence-electron chi connectivity index (χ0n) is 12.2. The molecule has 3 rings (SSSR count). The molecule has 1 aliphatic heterocycles. The summed E-state index contributed by atoms with van der Waals surface area (Å²) in [6.07, 6.45) is 4.27. The molecule has 0 unspecified atom stereocenters. The van der Waals surface area contributed by atoms with Crippen LogP contribution >= 0.6 is 0 Å². The van der Waals surface area contributed by atoms with Gasteiger partial charge in [0.25, 0.3) is 0 Å². The Bertz CT molecular complexity index is 625. The molecule has 5 nitrogen and oxygen atoms in total. The smallest absolute Gasteiger partial charge is 0.309 e. The molecule has 2 aliphatic rings. The van der Waals surface area contributed by atoms with Crippen LogP contribution in [0, 0.1) is 16.7 Å². The molecule has 1 saturated heterocycles. The Balaban J connectivity index is 1.86. The van der Waals surface area contributed by atoms with Crippen LogP contribution in [0.3, 0.4) is 0 Å². The lowest BCUT2D eigenvalue weighted by molar-refractivity contribution is -0.149. The number of hydrogen-bond donors (Lipinski definition) is 1. The van der Waals surface area contributed by atoms with Crippen molar-refractivity contribution in [1.29, 1.82) is 5.26 Å². The van der Waals surface area contributed by atoms with Gasteiger partial charge in [-0.15, -0.1) is 0 Å². The van der Waals surface area contributed by atoms with Crippen molar-refractivity contribution in [3.63, 3.8) is 0 Å². The van der Waals surface area contributed by atoms with E-state index >= 15 is 0 Å². The van der Waals surface area contributed by atoms with Gasteiger partial charge in [0, 0.05) is 18.8 Å². The Hall–Kier alpha value is -2.09. The summed E-state index contributed by atoms with van der Waals surface area (Å²) in [5, 5.41) is 18.7. The number of hydrogen-bond acceptors (Lipinski definition) is 4. The highest BCUT2D eigenvalue weighted by molar-refractivity contribution is 5.74. The molecule has 1 aliphatic carbocycles. The van der Waals surface area contributed by atoms with Crippen LogP contribution in [-0.4, -0.2) is 29.1 Å². The maximum atomic E-state index is 11.3. The van der Waals surface area contributed by atoms with E-state index in [2.05, 4.69) is 11.0 Å². The van der Waals surface area contributed by atoms with Crippen LogP contribution in [-0.2, 0) is 17.6 Å². The van der Waals surface area contributed by atoms with E-state index in [1.54, 1.807) is 6.92 Å². The number of pyridine rings is 1. The third kappa shape index (κ3) is 2.35. The topological polar surface area (TPSA) is 77.2 Å². The fourth-order valence-corrected chi connectivity index (χ4v) is 3.21. The summed E-state index contributed by atoms with van der Waals surface area (Å²) in [5.74, 6) is 0.00941. The van der Waals surface area contributed by atoms with Gasteiger partial charge in [-0.2, -0.15) is 5.26 Å². The lowest BCUT2D eigenvalue weighted by Crippen LogP contribution is -2.43. The lowest BCUT2D eigenvalue weighted by Gasteiger charge is -2.37. The van der Waals surface area contributed by atoms with E-state index in [1.807, 2.05) is 6.07 Å². The number of carbonyl (C=O) groups is 1. The van der Waals surface area contributed by atoms with Gasteiger partial charge in [-0.25, -0.2) is 4.98 Å². The summed E-state index contributed by atoms with van der Waals surface area (Å²) in [4.78, 5) is 18.1. The van der Waals surface area contributed by atoms with E-state index in [-0.39, 0.29) is 0 Å². The zero-order chi connectivity index (χ0) is 15.0. The van der Waals surface area contributed by atoms with Gasteiger partial charge < -0.3 is 10.0 Å². The minimum absolute atomic E-state index is 0.589. The van der Waals surface area contributed by atoms with Gasteiger partial charge in [0.15, 0.2) is 0 Å². The molecule has 1 fully saturated rings. The highest BCUT2D eigenvalue weighted by atomic mass is 16.4. The van der Waals surface area contributed by atoms with Crippen molar-refractivity contribution in [3.05, 3.63) is 22.9 Å². The molecule has 0 radical (unpaired) electrons. The normalized spacial score (nSPS) is 19.9. The molecule has 0 bridgehead atoms. The average Bonchev–Trinajstić information content (AvgIpc) is 2.93. The van der Waals surface area contributed by atoms with Crippen LogP contribution in [0.5, 0.6) is 0 Å². The van der Waals surface area contributed by atoms with Crippen molar-refractivity contribution in [2.24, 2.45) is 5.41 Å². The molecule has 1 aromatic rings. The van der Waals surface area contributed by atoms with Gasteiger partial charge in [0.05, 0.1) is 11.0 Å². The highest BCUT2D eigenvalue weighted by Gasteiger charge is 2.37. The van der Waals surface area contributed by atoms with Crippen LogP contribution in [0.25, 0.3) is 0 Å². The summed E-state index contributed by atoms with van der Waals surface area (Å²) in [7, 11) is 0. The predicted molar refractivity (Wildman–Crippen MR) is 78.2 cm³/mol. The van der Waals surface area contributed by atoms with Crippen molar-refractivity contribution in [1.82, 2.24) is 4.98 Å². The summed E-state index contributed by atoms with van der Waals surface area (Å²) in [6.45, 7) is 3.08. The molecule has 110 valence electrons. The number of anilines is 1. The lowest BCUT2D eigenvalue weighted by atomic mass is 9.80. The van der Waals surface area contributed by atoms with E-state index in [0.29, 0.717) is 31.5 Å². The third-order valence-electron chi connectivity index (χ3n) is 4.83. The highest BCUT2D eigenvalue weighted by Crippen LogP contribution is 2.34. The fourth-order valence-electron chi connectivity index (χ4n) is 3.21. The van der Waals surface area contributed by atoms with E-state index in [1.165, 1.54) is 5.56 Å². The first kappa shape index (κ1) is 13.9. The van der Waals surface area contributed by atoms with Gasteiger partial charge in [0.1, 0.15) is 11.9 Å². The molecule has 21 heavy (non-hydrogen) atoms. The number of aromatic nitrogens is 1. The fraction of sp³-hybridized carbons (Fsp3) is 0.562. The number of aliphatic carboxylic acids is 1. The Morgan fingerprint density at radius 3 is 2.76 bits per heavy atom. The van der Waals surface area contributed by atoms with Crippen LogP contribution < -0.4 is 4.90 Å². The van der Waals surface area contributed by atoms with Gasteiger partial charge in [-0.05, 0) is 50.7 Å². The van der Waals surface area contributed by atoms with Crippen molar-refractivity contribution < 1.29 is 9.90 Å². The van der Waals surface area contributed by atoms with Crippen LogP contribution in [0.15, 0.2) is 6.07 Å². The summed E-state index contributed by atoms with van der Waals surface area (Å²) in [5.41, 5.74) is 2.27. The first-order valence-electron chi connectivity index (χ1n) is 7.45. The standard InChI is InChI=1S/C16H19N3O2/c1-16(15(20)21)5-7-19(8-6-16)14-12(10-17)9-11-3-2-4-13(11)18-14/h9H,2-8H2,1H3,(H,20,21). The number of nitriles is 1. The summed E-state index contributed by atoms with van der Waals surface area (Å²) < 4.78 is 0. The zero-order valence-corrected chi connectivity index (χ0v) is 12.2. The summed E-state index contributed by atoms with van der Waals surface area (Å²) in [6, 6.07) is 4.21. The van der Waals surface area contributed by atoms with Crippen molar-refractivity contribution in [3.8, 4) is 6.07 Å². The monoisotopic (exact) mass is 285 g/mol. The van der Waals surface area contributed by atoms with E-state index in [4.69, 9.17) is 4.98 Å². The maximum absolute atomic E-state index is 11.3. The van der Waals surface area contributed by atoms with Gasteiger partial charge >= 0.3 is 5.97 Å². The number of aryl methyl sites for hydroxylation is 2. The number of piperidine rings is 1. The molecule has 0 atom stereocenters. The molecule has 0 saturated carbocycles. The van der Waals surface area contributed by atoms with Crippen LogP contribution in [0.4, 0.5) is 5.82 Å². The van der Waals surface area contributed by atoms with E-state index < -0.39 is 11.4 Å². The number of carboxylic acids is 1. The second-order valence-corrected chi connectivity index (χ2v) is 6.28. The number of fused-ring (bicyclic) bond motifs is 1. The predicted octanol–water partition coefficient (Wildman–Crippen LogP) is 2.13. The van der Waals surface area contributed by atoms with E-state index in [9.17, 15) is 15.2 Å². The Morgan fingerprint density at radius 1 is 1.43 bits per heavy atom.